The Balaban J connectivity index is 1.57. The van der Waals surface area contributed by atoms with Gasteiger partial charge in [-0.1, -0.05) is 60.7 Å². The molecular formula is C28H36N4O5. The lowest BCUT2D eigenvalue weighted by Gasteiger charge is -2.25. The van der Waals surface area contributed by atoms with Crippen LogP contribution >= 0.6 is 0 Å². The van der Waals surface area contributed by atoms with E-state index < -0.39 is 29.7 Å². The maximum Gasteiger partial charge on any atom is 0.408 e. The lowest BCUT2D eigenvalue weighted by atomic mass is 10.1. The molecule has 3 rings (SSSR count). The highest BCUT2D eigenvalue weighted by molar-refractivity contribution is 5.92. The number of carbonyl (C=O) groups excluding carboxylic acids is 4. The predicted octanol–water partition coefficient (Wildman–Crippen LogP) is 2.55. The molecule has 0 aliphatic carbocycles. The Kier molecular flexibility index (Phi) is 9.65. The number of ether oxygens (including phenoxy) is 1. The molecule has 1 aliphatic heterocycles. The number of nitrogens with zero attached hydrogens (tertiary/aromatic N) is 1. The number of benzene rings is 2. The van der Waals surface area contributed by atoms with Gasteiger partial charge in [0.1, 0.15) is 17.7 Å². The summed E-state index contributed by atoms with van der Waals surface area (Å²) in [5, 5.41) is 8.14. The van der Waals surface area contributed by atoms with Crippen molar-refractivity contribution in [3.63, 3.8) is 0 Å². The van der Waals surface area contributed by atoms with E-state index in [2.05, 4.69) is 16.0 Å². The summed E-state index contributed by atoms with van der Waals surface area (Å²) >= 11 is 0. The number of hydrogen-bond acceptors (Lipinski definition) is 5. The van der Waals surface area contributed by atoms with Gasteiger partial charge in [-0.05, 0) is 44.7 Å². The van der Waals surface area contributed by atoms with Gasteiger partial charge in [0.15, 0.2) is 0 Å². The molecule has 0 radical (unpaired) electrons. The summed E-state index contributed by atoms with van der Waals surface area (Å²) in [5.74, 6) is -1.07. The van der Waals surface area contributed by atoms with Crippen LogP contribution in [0.4, 0.5) is 4.79 Å². The molecule has 1 heterocycles. The summed E-state index contributed by atoms with van der Waals surface area (Å²) in [7, 11) is 0. The number of rotatable bonds is 9. The maximum absolute atomic E-state index is 13.0. The predicted molar refractivity (Wildman–Crippen MR) is 139 cm³/mol. The quantitative estimate of drug-likeness (QED) is 0.481. The third-order valence-corrected chi connectivity index (χ3v) is 5.89. The van der Waals surface area contributed by atoms with Crippen molar-refractivity contribution in [1.82, 2.24) is 20.9 Å². The fraction of sp³-hybridized carbons (Fsp3) is 0.429. The van der Waals surface area contributed by atoms with Gasteiger partial charge < -0.3 is 25.6 Å². The van der Waals surface area contributed by atoms with Crippen molar-refractivity contribution in [1.29, 1.82) is 0 Å². The smallest absolute Gasteiger partial charge is 0.408 e. The Hall–Kier alpha value is -3.88. The van der Waals surface area contributed by atoms with Crippen LogP contribution in [0.25, 0.3) is 0 Å². The molecule has 0 unspecified atom stereocenters. The fourth-order valence-electron chi connectivity index (χ4n) is 4.14. The van der Waals surface area contributed by atoms with Crippen LogP contribution in [-0.4, -0.2) is 59.5 Å². The molecule has 0 saturated carbocycles. The fourth-order valence-corrected chi connectivity index (χ4v) is 4.14. The van der Waals surface area contributed by atoms with Crippen molar-refractivity contribution >= 4 is 23.8 Å². The van der Waals surface area contributed by atoms with Gasteiger partial charge >= 0.3 is 6.09 Å². The van der Waals surface area contributed by atoms with Crippen molar-refractivity contribution in [3.8, 4) is 0 Å². The first-order valence-corrected chi connectivity index (χ1v) is 12.5. The van der Waals surface area contributed by atoms with E-state index in [1.54, 1.807) is 20.8 Å². The zero-order valence-electron chi connectivity index (χ0n) is 21.7. The lowest BCUT2D eigenvalue weighted by molar-refractivity contribution is -0.138. The topological polar surface area (TPSA) is 117 Å². The van der Waals surface area contributed by atoms with E-state index in [0.717, 1.165) is 11.1 Å². The molecular weight excluding hydrogens is 472 g/mol. The van der Waals surface area contributed by atoms with Gasteiger partial charge in [0.25, 0.3) is 0 Å². The molecule has 0 bridgehead atoms. The summed E-state index contributed by atoms with van der Waals surface area (Å²) in [6.07, 6.45) is 0.787. The zero-order chi connectivity index (χ0) is 26.8. The highest BCUT2D eigenvalue weighted by Gasteiger charge is 2.34. The molecule has 2 aromatic carbocycles. The number of likely N-dealkylation sites (tertiary alicyclic amines) is 1. The Labute approximate surface area is 217 Å². The molecule has 9 nitrogen and oxygen atoms in total. The molecule has 9 heteroatoms. The second kappa shape index (κ2) is 12.9. The molecule has 0 aromatic heterocycles. The minimum Gasteiger partial charge on any atom is -0.444 e. The Morgan fingerprint density at radius 3 is 2.19 bits per heavy atom. The first kappa shape index (κ1) is 27.7. The van der Waals surface area contributed by atoms with Crippen LogP contribution in [0.1, 0.15) is 44.7 Å². The monoisotopic (exact) mass is 508 g/mol. The first-order chi connectivity index (χ1) is 17.6. The van der Waals surface area contributed by atoms with E-state index in [0.29, 0.717) is 25.9 Å². The van der Waals surface area contributed by atoms with Gasteiger partial charge in [0.05, 0.1) is 6.54 Å². The second-order valence-electron chi connectivity index (χ2n) is 10.1. The van der Waals surface area contributed by atoms with Crippen LogP contribution in [0.2, 0.25) is 0 Å². The van der Waals surface area contributed by atoms with E-state index in [1.165, 1.54) is 4.90 Å². The summed E-state index contributed by atoms with van der Waals surface area (Å²) < 4.78 is 5.31. The molecule has 1 fully saturated rings. The SMILES string of the molecule is CC(C)(C)OC(=O)N[C@@H](Cc1ccccc1)C(=O)NCC(=O)N1CCC[C@H]1C(=O)NCc1ccccc1. The van der Waals surface area contributed by atoms with Crippen molar-refractivity contribution in [2.75, 3.05) is 13.1 Å². The van der Waals surface area contributed by atoms with Gasteiger partial charge in [-0.2, -0.15) is 0 Å². The van der Waals surface area contributed by atoms with Crippen LogP contribution in [0.5, 0.6) is 0 Å². The van der Waals surface area contributed by atoms with Crippen LogP contribution in [0, 0.1) is 0 Å². The van der Waals surface area contributed by atoms with E-state index in [1.807, 2.05) is 60.7 Å². The van der Waals surface area contributed by atoms with Crippen molar-refractivity contribution in [2.24, 2.45) is 0 Å². The lowest BCUT2D eigenvalue weighted by Crippen LogP contribution is -2.53. The molecule has 1 aliphatic rings. The van der Waals surface area contributed by atoms with Crippen LogP contribution in [-0.2, 0) is 32.1 Å². The summed E-state index contributed by atoms with van der Waals surface area (Å²) in [6, 6.07) is 17.3. The molecule has 2 atom stereocenters. The van der Waals surface area contributed by atoms with E-state index in [-0.39, 0.29) is 24.8 Å². The van der Waals surface area contributed by atoms with E-state index >= 15 is 0 Å². The number of nitrogens with one attached hydrogen (secondary N) is 3. The molecule has 4 amide bonds. The van der Waals surface area contributed by atoms with Gasteiger partial charge in [0, 0.05) is 19.5 Å². The van der Waals surface area contributed by atoms with E-state index in [4.69, 9.17) is 4.74 Å². The maximum atomic E-state index is 13.0. The van der Waals surface area contributed by atoms with Crippen molar-refractivity contribution in [3.05, 3.63) is 71.8 Å². The van der Waals surface area contributed by atoms with Gasteiger partial charge in [-0.25, -0.2) is 4.79 Å². The van der Waals surface area contributed by atoms with Gasteiger partial charge in [0.2, 0.25) is 17.7 Å². The van der Waals surface area contributed by atoms with Crippen LogP contribution in [0.3, 0.4) is 0 Å². The Morgan fingerprint density at radius 2 is 1.57 bits per heavy atom. The Morgan fingerprint density at radius 1 is 0.946 bits per heavy atom. The molecule has 3 N–H and O–H groups in total. The number of alkyl carbamates (subject to hydrolysis) is 1. The summed E-state index contributed by atoms with van der Waals surface area (Å²) in [5.41, 5.74) is 1.10. The minimum absolute atomic E-state index is 0.213. The average Bonchev–Trinajstić information content (AvgIpc) is 3.36. The first-order valence-electron chi connectivity index (χ1n) is 12.5. The summed E-state index contributed by atoms with van der Waals surface area (Å²) in [4.78, 5) is 52.6. The number of hydrogen-bond donors (Lipinski definition) is 3. The molecule has 37 heavy (non-hydrogen) atoms. The van der Waals surface area contributed by atoms with E-state index in [9.17, 15) is 19.2 Å². The number of amides is 4. The highest BCUT2D eigenvalue weighted by atomic mass is 16.6. The zero-order valence-corrected chi connectivity index (χ0v) is 21.7. The van der Waals surface area contributed by atoms with Crippen LogP contribution in [0.15, 0.2) is 60.7 Å². The molecule has 0 spiro atoms. The summed E-state index contributed by atoms with van der Waals surface area (Å²) in [6.45, 7) is 5.76. The highest BCUT2D eigenvalue weighted by Crippen LogP contribution is 2.18. The largest absolute Gasteiger partial charge is 0.444 e. The van der Waals surface area contributed by atoms with Crippen molar-refractivity contribution < 1.29 is 23.9 Å². The number of carbonyl (C=O) groups is 4. The van der Waals surface area contributed by atoms with Gasteiger partial charge in [-0.3, -0.25) is 14.4 Å². The second-order valence-corrected chi connectivity index (χ2v) is 10.1. The van der Waals surface area contributed by atoms with Gasteiger partial charge in [-0.15, -0.1) is 0 Å². The average molecular weight is 509 g/mol. The molecule has 1 saturated heterocycles. The standard InChI is InChI=1S/C28H36N4O5/c1-28(2,3)37-27(36)31-22(17-20-11-6-4-7-12-20)25(34)30-19-24(33)32-16-10-15-23(32)26(35)29-18-21-13-8-5-9-14-21/h4-9,11-14,22-23H,10,15-19H2,1-3H3,(H,29,35)(H,30,34)(H,31,36)/t22-,23-/m0/s1. The van der Waals surface area contributed by atoms with Crippen molar-refractivity contribution in [2.45, 2.75) is 64.3 Å². The third kappa shape index (κ3) is 8.93. The minimum atomic E-state index is -0.936. The Bertz CT molecular complexity index is 1070. The molecule has 198 valence electrons. The normalized spacial score (nSPS) is 16.0. The molecule has 2 aromatic rings. The van der Waals surface area contributed by atoms with Crippen LogP contribution < -0.4 is 16.0 Å². The third-order valence-electron chi connectivity index (χ3n) is 5.89.